The van der Waals surface area contributed by atoms with Gasteiger partial charge in [0, 0.05) is 37.6 Å². The second kappa shape index (κ2) is 8.44. The van der Waals surface area contributed by atoms with Crippen LogP contribution in [0.25, 0.3) is 0 Å². The number of hydrogen-bond acceptors (Lipinski definition) is 5. The summed E-state index contributed by atoms with van der Waals surface area (Å²) in [6.07, 6.45) is 0. The quantitative estimate of drug-likeness (QED) is 0.753. The number of nitrogens with zero attached hydrogens (tertiary/aromatic N) is 2. The lowest BCUT2D eigenvalue weighted by molar-refractivity contribution is 0.208. The van der Waals surface area contributed by atoms with Gasteiger partial charge in [-0.05, 0) is 42.5 Å². The summed E-state index contributed by atoms with van der Waals surface area (Å²) in [6, 6.07) is 11.1. The van der Waals surface area contributed by atoms with Crippen LogP contribution in [0.5, 0.6) is 5.75 Å². The van der Waals surface area contributed by atoms with Crippen LogP contribution >= 0.6 is 23.2 Å². The number of carbonyl (C=O) groups excluding carboxylic acids is 1. The maximum atomic E-state index is 12.4. The molecule has 11 heteroatoms. The van der Waals surface area contributed by atoms with E-state index >= 15 is 0 Å². The third-order valence-corrected chi connectivity index (χ3v) is 5.32. The van der Waals surface area contributed by atoms with E-state index in [4.69, 9.17) is 28.3 Å². The highest BCUT2D eigenvalue weighted by atomic mass is 35.5. The van der Waals surface area contributed by atoms with Gasteiger partial charge in [0.25, 0.3) is 0 Å². The van der Waals surface area contributed by atoms with Crippen molar-refractivity contribution in [1.29, 1.82) is 0 Å². The maximum absolute atomic E-state index is 12.4. The Morgan fingerprint density at radius 2 is 1.64 bits per heavy atom. The van der Waals surface area contributed by atoms with Gasteiger partial charge in [-0.1, -0.05) is 23.2 Å². The molecule has 1 aliphatic rings. The number of urea groups is 1. The zero-order valence-electron chi connectivity index (χ0n) is 14.6. The van der Waals surface area contributed by atoms with Crippen LogP contribution in [0.3, 0.4) is 0 Å². The lowest BCUT2D eigenvalue weighted by Crippen LogP contribution is -2.50. The number of nitrogens with two attached hydrogens (primary N) is 1. The molecule has 3 N–H and O–H groups in total. The Balaban J connectivity index is 1.54. The van der Waals surface area contributed by atoms with Crippen LogP contribution in [0.4, 0.5) is 16.2 Å². The highest BCUT2D eigenvalue weighted by Crippen LogP contribution is 2.28. The average Bonchev–Trinajstić information content (AvgIpc) is 2.64. The zero-order chi connectivity index (χ0) is 20.3. The van der Waals surface area contributed by atoms with Gasteiger partial charge < -0.3 is 19.3 Å². The molecule has 1 heterocycles. The Bertz CT molecular complexity index is 962. The molecule has 1 aliphatic heterocycles. The van der Waals surface area contributed by atoms with Crippen molar-refractivity contribution in [3.8, 4) is 5.75 Å². The molecule has 150 valence electrons. The van der Waals surface area contributed by atoms with Crippen LogP contribution in [0.2, 0.25) is 10.0 Å². The number of nitrogens with one attached hydrogen (secondary N) is 1. The predicted octanol–water partition coefficient (Wildman–Crippen LogP) is 2.93. The number of halogens is 2. The average molecular weight is 445 g/mol. The van der Waals surface area contributed by atoms with Gasteiger partial charge >= 0.3 is 16.3 Å². The minimum absolute atomic E-state index is 0.0655. The van der Waals surface area contributed by atoms with Crippen molar-refractivity contribution < 1.29 is 17.4 Å². The molecule has 0 radical (unpaired) electrons. The van der Waals surface area contributed by atoms with Crippen molar-refractivity contribution in [2.45, 2.75) is 0 Å². The molecule has 8 nitrogen and oxygen atoms in total. The molecule has 0 bridgehead atoms. The Kier molecular flexibility index (Phi) is 6.19. The highest BCUT2D eigenvalue weighted by Gasteiger charge is 2.21. The molecule has 2 aromatic carbocycles. The number of rotatable bonds is 4. The van der Waals surface area contributed by atoms with Crippen molar-refractivity contribution in [3.05, 3.63) is 52.5 Å². The normalized spacial score (nSPS) is 14.7. The summed E-state index contributed by atoms with van der Waals surface area (Å²) in [6.45, 7) is 2.40. The summed E-state index contributed by atoms with van der Waals surface area (Å²) in [5.74, 6) is 0.0655. The fourth-order valence-electron chi connectivity index (χ4n) is 2.78. The Hall–Kier alpha value is -2.20. The molecule has 1 saturated heterocycles. The molecular weight excluding hydrogens is 427 g/mol. The number of anilines is 2. The van der Waals surface area contributed by atoms with Crippen LogP contribution in [-0.4, -0.2) is 45.5 Å². The lowest BCUT2D eigenvalue weighted by Gasteiger charge is -2.36. The van der Waals surface area contributed by atoms with Crippen LogP contribution < -0.4 is 19.5 Å². The molecule has 0 atom stereocenters. The van der Waals surface area contributed by atoms with Crippen LogP contribution in [0.15, 0.2) is 42.5 Å². The van der Waals surface area contributed by atoms with E-state index in [2.05, 4.69) is 14.4 Å². The largest absolute Gasteiger partial charge is 0.380 e. The number of hydrogen-bond donors (Lipinski definition) is 2. The van der Waals surface area contributed by atoms with E-state index in [1.54, 1.807) is 11.0 Å². The summed E-state index contributed by atoms with van der Waals surface area (Å²) in [5, 5.41) is 8.57. The summed E-state index contributed by atoms with van der Waals surface area (Å²) < 4.78 is 26.3. The minimum Gasteiger partial charge on any atom is -0.371 e. The van der Waals surface area contributed by atoms with E-state index in [-0.39, 0.29) is 11.8 Å². The second-order valence-corrected chi connectivity index (χ2v) is 8.07. The van der Waals surface area contributed by atoms with Gasteiger partial charge in [0.15, 0.2) is 0 Å². The van der Waals surface area contributed by atoms with E-state index in [1.807, 2.05) is 12.1 Å². The van der Waals surface area contributed by atoms with Gasteiger partial charge in [-0.25, -0.2) is 4.79 Å². The minimum atomic E-state index is -4.08. The SMILES string of the molecule is NS(=O)(=O)Oc1ccc(NC(=O)N2CCN(c3ccc(Cl)c(Cl)c3)CC2)cc1. The van der Waals surface area contributed by atoms with Crippen LogP contribution in [0.1, 0.15) is 0 Å². The molecule has 0 aliphatic carbocycles. The first-order valence-corrected chi connectivity index (χ1v) is 10.5. The van der Waals surface area contributed by atoms with Gasteiger partial charge in [-0.2, -0.15) is 13.6 Å². The molecule has 3 rings (SSSR count). The third kappa shape index (κ3) is 5.41. The molecule has 2 aromatic rings. The Morgan fingerprint density at radius 3 is 2.21 bits per heavy atom. The molecule has 28 heavy (non-hydrogen) atoms. The zero-order valence-corrected chi connectivity index (χ0v) is 17.0. The van der Waals surface area contributed by atoms with E-state index in [9.17, 15) is 13.2 Å². The molecule has 0 unspecified atom stereocenters. The summed E-state index contributed by atoms with van der Waals surface area (Å²) in [4.78, 5) is 16.3. The van der Waals surface area contributed by atoms with Gasteiger partial charge in [0.1, 0.15) is 5.75 Å². The van der Waals surface area contributed by atoms with E-state index < -0.39 is 10.3 Å². The topological polar surface area (TPSA) is 105 Å². The van der Waals surface area contributed by atoms with Crippen LogP contribution in [-0.2, 0) is 10.3 Å². The number of piperazine rings is 1. The van der Waals surface area contributed by atoms with E-state index in [0.29, 0.717) is 41.9 Å². The molecule has 2 amide bonds. The summed E-state index contributed by atoms with van der Waals surface area (Å²) >= 11 is 12.0. The molecule has 0 aromatic heterocycles. The first kappa shape index (κ1) is 20.5. The molecule has 1 fully saturated rings. The summed E-state index contributed by atoms with van der Waals surface area (Å²) in [5.41, 5.74) is 1.47. The fraction of sp³-hybridized carbons (Fsp3) is 0.235. The number of carbonyl (C=O) groups is 1. The van der Waals surface area contributed by atoms with Crippen molar-refractivity contribution >= 4 is 50.9 Å². The van der Waals surface area contributed by atoms with Gasteiger partial charge in [-0.15, -0.1) is 0 Å². The lowest BCUT2D eigenvalue weighted by atomic mass is 10.2. The molecule has 0 spiro atoms. The smallest absolute Gasteiger partial charge is 0.371 e. The number of amides is 2. The fourth-order valence-corrected chi connectivity index (χ4v) is 3.45. The van der Waals surface area contributed by atoms with Crippen molar-refractivity contribution in [2.24, 2.45) is 5.14 Å². The third-order valence-electron chi connectivity index (χ3n) is 4.15. The van der Waals surface area contributed by atoms with Crippen molar-refractivity contribution in [3.63, 3.8) is 0 Å². The Morgan fingerprint density at radius 1 is 1.00 bits per heavy atom. The Labute approximate surface area is 173 Å². The van der Waals surface area contributed by atoms with E-state index in [1.165, 1.54) is 24.3 Å². The predicted molar refractivity (Wildman–Crippen MR) is 109 cm³/mol. The highest BCUT2D eigenvalue weighted by molar-refractivity contribution is 7.84. The van der Waals surface area contributed by atoms with Gasteiger partial charge in [0.05, 0.1) is 10.0 Å². The van der Waals surface area contributed by atoms with E-state index in [0.717, 1.165) is 5.69 Å². The van der Waals surface area contributed by atoms with Gasteiger partial charge in [0.2, 0.25) is 0 Å². The van der Waals surface area contributed by atoms with Crippen molar-refractivity contribution in [1.82, 2.24) is 4.90 Å². The molecule has 0 saturated carbocycles. The second-order valence-electron chi connectivity index (χ2n) is 6.10. The van der Waals surface area contributed by atoms with Crippen LogP contribution in [0, 0.1) is 0 Å². The van der Waals surface area contributed by atoms with Gasteiger partial charge in [-0.3, -0.25) is 0 Å². The monoisotopic (exact) mass is 444 g/mol. The van der Waals surface area contributed by atoms with Crippen molar-refractivity contribution in [2.75, 3.05) is 36.4 Å². The number of benzene rings is 2. The summed E-state index contributed by atoms with van der Waals surface area (Å²) in [7, 11) is -4.08. The first-order valence-electron chi connectivity index (χ1n) is 8.29. The first-order chi connectivity index (χ1) is 13.2. The molecular formula is C17H18Cl2N4O4S. The standard InChI is InChI=1S/C17H18Cl2N4O4S/c18-15-6-3-13(11-16(15)19)22-7-9-23(10-8-22)17(24)21-12-1-4-14(5-2-12)27-28(20,25)26/h1-6,11H,7-10H2,(H,21,24)(H2,20,25,26). The maximum Gasteiger partial charge on any atom is 0.380 e.